The lowest BCUT2D eigenvalue weighted by Crippen LogP contribution is -2.21. The van der Waals surface area contributed by atoms with E-state index in [-0.39, 0.29) is 24.0 Å². The summed E-state index contributed by atoms with van der Waals surface area (Å²) in [5, 5.41) is 20.3. The number of anilines is 1. The number of benzene rings is 1. The van der Waals surface area contributed by atoms with Crippen LogP contribution in [-0.4, -0.2) is 38.4 Å². The SMILES string of the molecule is CCSc1n[nH]c(NC(=O)COc2ccccc2[N+](=O)[O-])n1. The molecule has 0 saturated carbocycles. The Bertz CT molecular complexity index is 675. The summed E-state index contributed by atoms with van der Waals surface area (Å²) >= 11 is 1.43. The minimum atomic E-state index is -0.571. The van der Waals surface area contributed by atoms with Crippen molar-refractivity contribution in [1.29, 1.82) is 0 Å². The summed E-state index contributed by atoms with van der Waals surface area (Å²) in [4.78, 5) is 26.0. The lowest BCUT2D eigenvalue weighted by Gasteiger charge is -2.05. The number of nitrogens with zero attached hydrogens (tertiary/aromatic N) is 3. The van der Waals surface area contributed by atoms with Crippen LogP contribution in [0.5, 0.6) is 5.75 Å². The molecule has 2 rings (SSSR count). The van der Waals surface area contributed by atoms with E-state index >= 15 is 0 Å². The molecule has 1 heterocycles. The van der Waals surface area contributed by atoms with Gasteiger partial charge in [0.25, 0.3) is 5.91 Å². The van der Waals surface area contributed by atoms with Crippen molar-refractivity contribution >= 4 is 29.3 Å². The molecule has 0 aliphatic heterocycles. The number of thioether (sulfide) groups is 1. The molecule has 0 aliphatic rings. The van der Waals surface area contributed by atoms with Crippen LogP contribution in [0.3, 0.4) is 0 Å². The van der Waals surface area contributed by atoms with Gasteiger partial charge in [0.15, 0.2) is 12.4 Å². The minimum Gasteiger partial charge on any atom is -0.477 e. The summed E-state index contributed by atoms with van der Waals surface area (Å²) in [5.41, 5.74) is -0.198. The van der Waals surface area contributed by atoms with Crippen molar-refractivity contribution in [2.24, 2.45) is 0 Å². The van der Waals surface area contributed by atoms with Crippen LogP contribution in [0.15, 0.2) is 29.4 Å². The monoisotopic (exact) mass is 323 g/mol. The second kappa shape index (κ2) is 7.41. The summed E-state index contributed by atoms with van der Waals surface area (Å²) < 4.78 is 5.17. The predicted octanol–water partition coefficient (Wildman–Crippen LogP) is 1.84. The third-order valence-electron chi connectivity index (χ3n) is 2.42. The molecule has 0 unspecified atom stereocenters. The molecule has 2 N–H and O–H groups in total. The Balaban J connectivity index is 1.91. The molecular weight excluding hydrogens is 310 g/mol. The Morgan fingerprint density at radius 1 is 1.50 bits per heavy atom. The number of nitrogens with one attached hydrogen (secondary N) is 2. The molecule has 116 valence electrons. The first-order valence-corrected chi connectivity index (χ1v) is 7.30. The van der Waals surface area contributed by atoms with Crippen LogP contribution in [0.2, 0.25) is 0 Å². The smallest absolute Gasteiger partial charge is 0.310 e. The van der Waals surface area contributed by atoms with Crippen LogP contribution in [0.4, 0.5) is 11.6 Å². The zero-order chi connectivity index (χ0) is 15.9. The van der Waals surface area contributed by atoms with Gasteiger partial charge in [0.2, 0.25) is 11.1 Å². The van der Waals surface area contributed by atoms with Crippen molar-refractivity contribution in [2.45, 2.75) is 12.1 Å². The normalized spacial score (nSPS) is 10.2. The number of carbonyl (C=O) groups is 1. The van der Waals surface area contributed by atoms with Gasteiger partial charge >= 0.3 is 5.69 Å². The molecule has 1 aromatic heterocycles. The van der Waals surface area contributed by atoms with E-state index in [1.165, 1.54) is 30.0 Å². The topological polar surface area (TPSA) is 123 Å². The van der Waals surface area contributed by atoms with Gasteiger partial charge < -0.3 is 4.74 Å². The Hall–Kier alpha value is -2.62. The number of H-pyrrole nitrogens is 1. The maximum atomic E-state index is 11.7. The fraction of sp³-hybridized carbons (Fsp3) is 0.250. The van der Waals surface area contributed by atoms with E-state index in [1.54, 1.807) is 6.07 Å². The molecule has 10 heteroatoms. The third kappa shape index (κ3) is 4.19. The van der Waals surface area contributed by atoms with Gasteiger partial charge in [-0.25, -0.2) is 5.10 Å². The quantitative estimate of drug-likeness (QED) is 0.452. The number of aromatic nitrogens is 3. The van der Waals surface area contributed by atoms with Gasteiger partial charge in [-0.2, -0.15) is 4.98 Å². The molecule has 0 saturated heterocycles. The number of ether oxygens (including phenoxy) is 1. The lowest BCUT2D eigenvalue weighted by molar-refractivity contribution is -0.385. The zero-order valence-corrected chi connectivity index (χ0v) is 12.4. The van der Waals surface area contributed by atoms with Gasteiger partial charge in [-0.05, 0) is 11.8 Å². The second-order valence-corrected chi connectivity index (χ2v) is 5.19. The van der Waals surface area contributed by atoms with Gasteiger partial charge in [0, 0.05) is 6.07 Å². The number of para-hydroxylation sites is 2. The molecule has 0 spiro atoms. The molecule has 2 aromatic rings. The largest absolute Gasteiger partial charge is 0.477 e. The van der Waals surface area contributed by atoms with Crippen molar-refractivity contribution in [3.8, 4) is 5.75 Å². The zero-order valence-electron chi connectivity index (χ0n) is 11.6. The summed E-state index contributed by atoms with van der Waals surface area (Å²) in [5.74, 6) is 0.545. The van der Waals surface area contributed by atoms with Gasteiger partial charge in [-0.1, -0.05) is 30.8 Å². The van der Waals surface area contributed by atoms with Crippen LogP contribution in [0.1, 0.15) is 6.92 Å². The Labute approximate surface area is 129 Å². The molecule has 0 radical (unpaired) electrons. The first kappa shape index (κ1) is 15.8. The first-order chi connectivity index (χ1) is 10.6. The molecule has 22 heavy (non-hydrogen) atoms. The third-order valence-corrected chi connectivity index (χ3v) is 3.15. The maximum Gasteiger partial charge on any atom is 0.310 e. The fourth-order valence-corrected chi connectivity index (χ4v) is 2.06. The number of carbonyl (C=O) groups excluding carboxylic acids is 1. The number of nitro groups is 1. The Morgan fingerprint density at radius 2 is 2.27 bits per heavy atom. The van der Waals surface area contributed by atoms with Crippen molar-refractivity contribution in [3.63, 3.8) is 0 Å². The average molecular weight is 323 g/mol. The standard InChI is InChI=1S/C12H13N5O4S/c1-2-22-12-14-11(15-16-12)13-10(18)7-21-9-6-4-3-5-8(9)17(19)20/h3-6H,2,7H2,1H3,(H2,13,14,15,16,18). The maximum absolute atomic E-state index is 11.7. The highest BCUT2D eigenvalue weighted by molar-refractivity contribution is 7.99. The summed E-state index contributed by atoms with van der Waals surface area (Å²) in [7, 11) is 0. The Kier molecular flexibility index (Phi) is 5.31. The minimum absolute atomic E-state index is 0.0300. The van der Waals surface area contributed by atoms with E-state index in [4.69, 9.17) is 4.74 Å². The predicted molar refractivity (Wildman–Crippen MR) is 80.0 cm³/mol. The fourth-order valence-electron chi connectivity index (χ4n) is 1.54. The Morgan fingerprint density at radius 3 is 3.00 bits per heavy atom. The highest BCUT2D eigenvalue weighted by Crippen LogP contribution is 2.25. The van der Waals surface area contributed by atoms with E-state index in [1.807, 2.05) is 6.92 Å². The van der Waals surface area contributed by atoms with E-state index < -0.39 is 10.8 Å². The van der Waals surface area contributed by atoms with Gasteiger partial charge in [-0.15, -0.1) is 5.10 Å². The van der Waals surface area contributed by atoms with Crippen molar-refractivity contribution in [2.75, 3.05) is 17.7 Å². The molecular formula is C12H13N5O4S. The van der Waals surface area contributed by atoms with Crippen molar-refractivity contribution < 1.29 is 14.5 Å². The molecule has 1 aromatic carbocycles. The van der Waals surface area contributed by atoms with E-state index in [2.05, 4.69) is 20.5 Å². The molecule has 0 atom stereocenters. The van der Waals surface area contributed by atoms with Gasteiger partial charge in [0.05, 0.1) is 4.92 Å². The summed E-state index contributed by atoms with van der Waals surface area (Å²) in [6.07, 6.45) is 0. The number of nitro benzene ring substituents is 1. The second-order valence-electron chi connectivity index (χ2n) is 3.96. The lowest BCUT2D eigenvalue weighted by atomic mass is 10.3. The van der Waals surface area contributed by atoms with Crippen LogP contribution >= 0.6 is 11.8 Å². The molecule has 9 nitrogen and oxygen atoms in total. The van der Waals surface area contributed by atoms with Crippen LogP contribution in [-0.2, 0) is 4.79 Å². The highest BCUT2D eigenvalue weighted by Gasteiger charge is 2.15. The van der Waals surface area contributed by atoms with Crippen molar-refractivity contribution in [3.05, 3.63) is 34.4 Å². The number of aromatic amines is 1. The summed E-state index contributed by atoms with van der Waals surface area (Å²) in [6.45, 7) is 1.59. The number of rotatable bonds is 7. The molecule has 1 amide bonds. The van der Waals surface area contributed by atoms with Gasteiger partial charge in [-0.3, -0.25) is 20.2 Å². The van der Waals surface area contributed by atoms with Crippen LogP contribution < -0.4 is 10.1 Å². The summed E-state index contributed by atoms with van der Waals surface area (Å²) in [6, 6.07) is 5.84. The van der Waals surface area contributed by atoms with E-state index in [0.29, 0.717) is 5.16 Å². The molecule has 0 fully saturated rings. The number of hydrogen-bond donors (Lipinski definition) is 2. The van der Waals surface area contributed by atoms with E-state index in [0.717, 1.165) is 5.75 Å². The number of amides is 1. The average Bonchev–Trinajstić information content (AvgIpc) is 2.93. The van der Waals surface area contributed by atoms with E-state index in [9.17, 15) is 14.9 Å². The van der Waals surface area contributed by atoms with Crippen molar-refractivity contribution in [1.82, 2.24) is 15.2 Å². The molecule has 0 bridgehead atoms. The first-order valence-electron chi connectivity index (χ1n) is 6.31. The number of hydrogen-bond acceptors (Lipinski definition) is 7. The highest BCUT2D eigenvalue weighted by atomic mass is 32.2. The van der Waals surface area contributed by atoms with Crippen LogP contribution in [0.25, 0.3) is 0 Å². The van der Waals surface area contributed by atoms with Gasteiger partial charge in [0.1, 0.15) is 0 Å². The molecule has 0 aliphatic carbocycles. The van der Waals surface area contributed by atoms with Crippen LogP contribution in [0, 0.1) is 10.1 Å².